The number of benzene rings is 1. The van der Waals surface area contributed by atoms with E-state index in [2.05, 4.69) is 61.8 Å². The van der Waals surface area contributed by atoms with Gasteiger partial charge in [0.25, 0.3) is 5.91 Å². The number of hydrazone groups is 1. The molecule has 0 aliphatic carbocycles. The number of hydrogen-bond donors (Lipinski definition) is 2. The van der Waals surface area contributed by atoms with Crippen LogP contribution in [0, 0.1) is 5.92 Å². The molecule has 0 fully saturated rings. The van der Waals surface area contributed by atoms with Crippen molar-refractivity contribution in [2.75, 3.05) is 5.73 Å². The average Bonchev–Trinajstić information content (AvgIpc) is 3.32. The molecule has 1 aromatic carbocycles. The van der Waals surface area contributed by atoms with Crippen LogP contribution >= 0.6 is 0 Å². The third kappa shape index (κ3) is 4.70. The number of nitrogen functional groups attached to an aromatic ring is 1. The molecule has 158 valence electrons. The zero-order valence-electron chi connectivity index (χ0n) is 17.6. The number of nitrogens with one attached hydrogen (secondary N) is 1. The second kappa shape index (κ2) is 9.29. The van der Waals surface area contributed by atoms with Crippen LogP contribution in [0.4, 0.5) is 5.82 Å². The Hall–Kier alpha value is -3.56. The van der Waals surface area contributed by atoms with Crippen LogP contribution in [0.15, 0.2) is 34.0 Å². The molecule has 0 unspecified atom stereocenters. The number of carbonyl (C=O) groups excluding carboxylic acids is 1. The van der Waals surface area contributed by atoms with E-state index in [1.54, 1.807) is 0 Å². The van der Waals surface area contributed by atoms with Gasteiger partial charge in [0.15, 0.2) is 5.69 Å². The highest BCUT2D eigenvalue weighted by molar-refractivity contribution is 6.00. The lowest BCUT2D eigenvalue weighted by Crippen LogP contribution is -2.21. The quantitative estimate of drug-likeness (QED) is 0.430. The van der Waals surface area contributed by atoms with Crippen molar-refractivity contribution in [1.29, 1.82) is 0 Å². The molecule has 0 saturated carbocycles. The second-order valence-electron chi connectivity index (χ2n) is 7.45. The van der Waals surface area contributed by atoms with Gasteiger partial charge >= 0.3 is 0 Å². The predicted octanol–water partition coefficient (Wildman–Crippen LogP) is 2.54. The number of anilines is 1. The summed E-state index contributed by atoms with van der Waals surface area (Å²) in [4.78, 5) is 12.7. The smallest absolute Gasteiger partial charge is 0.293 e. The van der Waals surface area contributed by atoms with Gasteiger partial charge in [0, 0.05) is 0 Å². The first-order chi connectivity index (χ1) is 14.4. The Kier molecular flexibility index (Phi) is 6.55. The molecule has 3 N–H and O–H groups in total. The summed E-state index contributed by atoms with van der Waals surface area (Å²) in [6.45, 7) is 8.19. The van der Waals surface area contributed by atoms with E-state index in [4.69, 9.17) is 5.73 Å². The molecular formula is C20H26N8O2. The second-order valence-corrected chi connectivity index (χ2v) is 7.45. The Morgan fingerprint density at radius 3 is 2.60 bits per heavy atom. The topological polar surface area (TPSA) is 137 Å². The number of nitrogens with two attached hydrogens (primary N) is 1. The number of amides is 1. The number of carbonyl (C=O) groups is 1. The SMILES string of the molecule is CCCc1c(C(=O)N/N=C(\C)c2ccc(CC(C)C)cc2)nnn1-c1nonc1N. The van der Waals surface area contributed by atoms with Gasteiger partial charge in [-0.1, -0.05) is 56.7 Å². The Morgan fingerprint density at radius 2 is 2.00 bits per heavy atom. The normalized spacial score (nSPS) is 11.8. The van der Waals surface area contributed by atoms with E-state index in [1.807, 2.05) is 26.0 Å². The first-order valence-corrected chi connectivity index (χ1v) is 9.87. The monoisotopic (exact) mass is 410 g/mol. The van der Waals surface area contributed by atoms with E-state index in [0.717, 1.165) is 18.4 Å². The van der Waals surface area contributed by atoms with E-state index in [0.29, 0.717) is 23.7 Å². The van der Waals surface area contributed by atoms with Crippen LogP contribution in [0.2, 0.25) is 0 Å². The molecule has 0 saturated heterocycles. The number of aromatic nitrogens is 5. The number of nitrogens with zero attached hydrogens (tertiary/aromatic N) is 6. The summed E-state index contributed by atoms with van der Waals surface area (Å²) >= 11 is 0. The maximum atomic E-state index is 12.7. The van der Waals surface area contributed by atoms with Gasteiger partial charge in [0.05, 0.1) is 11.4 Å². The van der Waals surface area contributed by atoms with Crippen LogP contribution in [-0.4, -0.2) is 36.9 Å². The minimum absolute atomic E-state index is 0.0685. The standard InChI is InChI=1S/C20H26N8O2/c1-5-6-16-17(23-27-28(16)19-18(21)25-30-26-19)20(29)24-22-13(4)15-9-7-14(8-10-15)11-12(2)3/h7-10,12H,5-6,11H2,1-4H3,(H2,21,25)(H,24,29)/b22-13+. The molecule has 3 aromatic rings. The van der Waals surface area contributed by atoms with Gasteiger partial charge in [-0.2, -0.15) is 9.78 Å². The molecule has 0 spiro atoms. The summed E-state index contributed by atoms with van der Waals surface area (Å²) in [5, 5.41) is 19.5. The van der Waals surface area contributed by atoms with Crippen LogP contribution in [0.1, 0.15) is 61.4 Å². The van der Waals surface area contributed by atoms with Gasteiger partial charge in [-0.25, -0.2) is 10.1 Å². The lowest BCUT2D eigenvalue weighted by molar-refractivity contribution is 0.0948. The van der Waals surface area contributed by atoms with Gasteiger partial charge < -0.3 is 5.73 Å². The van der Waals surface area contributed by atoms with Crippen molar-refractivity contribution in [3.05, 3.63) is 46.8 Å². The van der Waals surface area contributed by atoms with Crippen LogP contribution in [-0.2, 0) is 12.8 Å². The van der Waals surface area contributed by atoms with Crippen molar-refractivity contribution in [1.82, 2.24) is 30.7 Å². The highest BCUT2D eigenvalue weighted by atomic mass is 16.6. The molecular weight excluding hydrogens is 384 g/mol. The molecule has 0 bridgehead atoms. The zero-order chi connectivity index (χ0) is 21.7. The van der Waals surface area contributed by atoms with Crippen molar-refractivity contribution in [2.24, 2.45) is 11.0 Å². The Bertz CT molecular complexity index is 1030. The van der Waals surface area contributed by atoms with Crippen molar-refractivity contribution < 1.29 is 9.42 Å². The van der Waals surface area contributed by atoms with Gasteiger partial charge in [-0.15, -0.1) is 5.10 Å². The third-order valence-corrected chi connectivity index (χ3v) is 4.50. The number of rotatable bonds is 8. The molecule has 10 heteroatoms. The summed E-state index contributed by atoms with van der Waals surface area (Å²) < 4.78 is 5.99. The van der Waals surface area contributed by atoms with Gasteiger partial charge in [-0.05, 0) is 47.1 Å². The minimum Gasteiger partial charge on any atom is -0.378 e. The van der Waals surface area contributed by atoms with Gasteiger partial charge in [0.2, 0.25) is 11.6 Å². The number of hydrogen-bond acceptors (Lipinski definition) is 8. The summed E-state index contributed by atoms with van der Waals surface area (Å²) in [5.74, 6) is 0.402. The van der Waals surface area contributed by atoms with Crippen molar-refractivity contribution >= 4 is 17.4 Å². The van der Waals surface area contributed by atoms with E-state index in [-0.39, 0.29) is 17.3 Å². The van der Waals surface area contributed by atoms with E-state index < -0.39 is 5.91 Å². The van der Waals surface area contributed by atoms with Crippen molar-refractivity contribution in [3.63, 3.8) is 0 Å². The predicted molar refractivity (Wildman–Crippen MR) is 112 cm³/mol. The van der Waals surface area contributed by atoms with E-state index in [9.17, 15) is 4.79 Å². The fraction of sp³-hybridized carbons (Fsp3) is 0.400. The molecule has 0 aliphatic rings. The van der Waals surface area contributed by atoms with Crippen molar-refractivity contribution in [3.8, 4) is 5.82 Å². The molecule has 0 aliphatic heterocycles. The van der Waals surface area contributed by atoms with Crippen molar-refractivity contribution in [2.45, 2.75) is 47.0 Å². The average molecular weight is 410 g/mol. The maximum absolute atomic E-state index is 12.7. The highest BCUT2D eigenvalue weighted by Crippen LogP contribution is 2.17. The lowest BCUT2D eigenvalue weighted by atomic mass is 10.0. The molecule has 1 amide bonds. The molecule has 2 aromatic heterocycles. The highest BCUT2D eigenvalue weighted by Gasteiger charge is 2.23. The van der Waals surface area contributed by atoms with E-state index >= 15 is 0 Å². The summed E-state index contributed by atoms with van der Waals surface area (Å²) in [7, 11) is 0. The first kappa shape index (κ1) is 21.2. The summed E-state index contributed by atoms with van der Waals surface area (Å²) in [6, 6.07) is 8.17. The summed E-state index contributed by atoms with van der Waals surface area (Å²) in [5.41, 5.74) is 11.9. The molecule has 0 radical (unpaired) electrons. The fourth-order valence-corrected chi connectivity index (χ4v) is 3.05. The molecule has 30 heavy (non-hydrogen) atoms. The lowest BCUT2D eigenvalue weighted by Gasteiger charge is -2.07. The Balaban J connectivity index is 1.77. The largest absolute Gasteiger partial charge is 0.378 e. The molecule has 10 nitrogen and oxygen atoms in total. The van der Waals surface area contributed by atoms with Crippen LogP contribution in [0.25, 0.3) is 5.82 Å². The zero-order valence-corrected chi connectivity index (χ0v) is 17.6. The summed E-state index contributed by atoms with van der Waals surface area (Å²) in [6.07, 6.45) is 2.33. The first-order valence-electron chi connectivity index (χ1n) is 9.87. The molecule has 3 rings (SSSR count). The van der Waals surface area contributed by atoms with Gasteiger partial charge in [0.1, 0.15) is 0 Å². The Morgan fingerprint density at radius 1 is 1.27 bits per heavy atom. The third-order valence-electron chi connectivity index (χ3n) is 4.50. The maximum Gasteiger partial charge on any atom is 0.293 e. The van der Waals surface area contributed by atoms with Crippen LogP contribution in [0.5, 0.6) is 0 Å². The fourth-order valence-electron chi connectivity index (χ4n) is 3.05. The Labute approximate surface area is 174 Å². The minimum atomic E-state index is -0.462. The van der Waals surface area contributed by atoms with Crippen LogP contribution < -0.4 is 11.2 Å². The van der Waals surface area contributed by atoms with E-state index in [1.165, 1.54) is 10.2 Å². The molecule has 2 heterocycles. The molecule has 0 atom stereocenters. The van der Waals surface area contributed by atoms with Crippen LogP contribution in [0.3, 0.4) is 0 Å². The van der Waals surface area contributed by atoms with Gasteiger partial charge in [-0.3, -0.25) is 4.79 Å².